The Kier molecular flexibility index (Phi) is 5.38. The second-order valence-electron chi connectivity index (χ2n) is 5.30. The molecule has 0 bridgehead atoms. The van der Waals surface area contributed by atoms with E-state index in [1.807, 2.05) is 19.1 Å². The first-order valence-corrected chi connectivity index (χ1v) is 7.29. The van der Waals surface area contributed by atoms with E-state index < -0.39 is 0 Å². The van der Waals surface area contributed by atoms with E-state index in [4.69, 9.17) is 10.2 Å². The van der Waals surface area contributed by atoms with Gasteiger partial charge >= 0.3 is 0 Å². The van der Waals surface area contributed by atoms with Crippen LogP contribution >= 0.6 is 0 Å². The summed E-state index contributed by atoms with van der Waals surface area (Å²) >= 11 is 0. The van der Waals surface area contributed by atoms with Gasteiger partial charge in [-0.15, -0.1) is 0 Å². The van der Waals surface area contributed by atoms with Gasteiger partial charge in [-0.2, -0.15) is 0 Å². The smallest absolute Gasteiger partial charge is 0.254 e. The van der Waals surface area contributed by atoms with Crippen LogP contribution < -0.4 is 0 Å². The van der Waals surface area contributed by atoms with Crippen LogP contribution in [0.25, 0.3) is 0 Å². The van der Waals surface area contributed by atoms with Crippen LogP contribution in [-0.4, -0.2) is 46.8 Å². The largest absolute Gasteiger partial charge is 0.395 e. The van der Waals surface area contributed by atoms with Crippen LogP contribution in [0.4, 0.5) is 0 Å². The van der Waals surface area contributed by atoms with Crippen molar-refractivity contribution in [2.24, 2.45) is 0 Å². The van der Waals surface area contributed by atoms with E-state index in [-0.39, 0.29) is 25.2 Å². The molecule has 0 radical (unpaired) electrons. The Bertz CT molecular complexity index is 567. The van der Waals surface area contributed by atoms with Crippen LogP contribution in [0.15, 0.2) is 18.2 Å². The lowest BCUT2D eigenvalue weighted by atomic mass is 9.90. The highest BCUT2D eigenvalue weighted by Gasteiger charge is 2.29. The van der Waals surface area contributed by atoms with Gasteiger partial charge in [0.2, 0.25) is 0 Å². The Hall–Kier alpha value is -1.83. The molecule has 1 fully saturated rings. The van der Waals surface area contributed by atoms with Gasteiger partial charge in [-0.1, -0.05) is 11.8 Å². The van der Waals surface area contributed by atoms with Crippen molar-refractivity contribution in [1.29, 1.82) is 0 Å². The summed E-state index contributed by atoms with van der Waals surface area (Å²) in [6.07, 6.45) is 3.18. The Labute approximate surface area is 125 Å². The second-order valence-corrected chi connectivity index (χ2v) is 5.30. The number of aliphatic hydroxyl groups excluding tert-OH is 2. The maximum Gasteiger partial charge on any atom is 0.254 e. The molecule has 21 heavy (non-hydrogen) atoms. The number of benzene rings is 1. The fourth-order valence-electron chi connectivity index (χ4n) is 2.49. The Morgan fingerprint density at radius 2 is 2.14 bits per heavy atom. The molecule has 1 aliphatic carbocycles. The van der Waals surface area contributed by atoms with Crippen molar-refractivity contribution in [2.45, 2.75) is 32.2 Å². The van der Waals surface area contributed by atoms with Gasteiger partial charge in [-0.25, -0.2) is 0 Å². The number of aliphatic hydroxyl groups is 2. The summed E-state index contributed by atoms with van der Waals surface area (Å²) in [5.74, 6) is 5.44. The zero-order valence-electron chi connectivity index (χ0n) is 12.3. The number of aryl methyl sites for hydroxylation is 1. The van der Waals surface area contributed by atoms with E-state index in [0.29, 0.717) is 12.1 Å². The number of rotatable bonds is 4. The Balaban J connectivity index is 2.19. The number of nitrogens with zero attached hydrogens (tertiary/aromatic N) is 1. The minimum absolute atomic E-state index is 0.0126. The SMILES string of the molecule is Cc1cc(C(=O)N(CCO)C2CCC2)ccc1C#CCO. The van der Waals surface area contributed by atoms with Crippen molar-refractivity contribution >= 4 is 5.91 Å². The monoisotopic (exact) mass is 287 g/mol. The molecule has 1 aromatic rings. The van der Waals surface area contributed by atoms with Crippen molar-refractivity contribution in [3.05, 3.63) is 34.9 Å². The highest BCUT2D eigenvalue weighted by molar-refractivity contribution is 5.95. The van der Waals surface area contributed by atoms with Gasteiger partial charge in [-0.05, 0) is 49.9 Å². The summed E-state index contributed by atoms with van der Waals surface area (Å²) in [5.41, 5.74) is 2.36. The van der Waals surface area contributed by atoms with Crippen molar-refractivity contribution in [2.75, 3.05) is 19.8 Å². The van der Waals surface area contributed by atoms with Crippen molar-refractivity contribution in [3.8, 4) is 11.8 Å². The average molecular weight is 287 g/mol. The van der Waals surface area contributed by atoms with Gasteiger partial charge < -0.3 is 15.1 Å². The fraction of sp³-hybridized carbons (Fsp3) is 0.471. The molecule has 1 aromatic carbocycles. The number of carbonyl (C=O) groups is 1. The zero-order chi connectivity index (χ0) is 15.2. The summed E-state index contributed by atoms with van der Waals surface area (Å²) in [4.78, 5) is 14.4. The van der Waals surface area contributed by atoms with E-state index in [2.05, 4.69) is 11.8 Å². The molecule has 0 saturated heterocycles. The molecule has 2 N–H and O–H groups in total. The molecule has 1 aliphatic rings. The topological polar surface area (TPSA) is 60.8 Å². The molecular formula is C17H21NO3. The van der Waals surface area contributed by atoms with Crippen LogP contribution in [-0.2, 0) is 0 Å². The van der Waals surface area contributed by atoms with Crippen LogP contribution in [0.1, 0.15) is 40.7 Å². The lowest BCUT2D eigenvalue weighted by Gasteiger charge is -2.37. The first-order chi connectivity index (χ1) is 10.2. The molecule has 1 amide bonds. The number of hydrogen-bond donors (Lipinski definition) is 2. The Morgan fingerprint density at radius 3 is 2.67 bits per heavy atom. The number of hydrogen-bond acceptors (Lipinski definition) is 3. The fourth-order valence-corrected chi connectivity index (χ4v) is 2.49. The molecule has 0 aromatic heterocycles. The molecule has 112 valence electrons. The highest BCUT2D eigenvalue weighted by Crippen LogP contribution is 2.26. The summed E-state index contributed by atoms with van der Waals surface area (Å²) < 4.78 is 0. The molecule has 0 aliphatic heterocycles. The van der Waals surface area contributed by atoms with Crippen molar-refractivity contribution in [3.63, 3.8) is 0 Å². The molecule has 2 rings (SSSR count). The lowest BCUT2D eigenvalue weighted by Crippen LogP contribution is -2.45. The zero-order valence-corrected chi connectivity index (χ0v) is 12.3. The van der Waals surface area contributed by atoms with Gasteiger partial charge in [0.05, 0.1) is 6.61 Å². The maximum absolute atomic E-state index is 12.6. The summed E-state index contributed by atoms with van der Waals surface area (Å²) in [5, 5.41) is 17.9. The van der Waals surface area contributed by atoms with Gasteiger partial charge in [0.25, 0.3) is 5.91 Å². The third-order valence-corrected chi connectivity index (χ3v) is 3.89. The third kappa shape index (κ3) is 3.63. The molecule has 0 spiro atoms. The van der Waals surface area contributed by atoms with Gasteiger partial charge in [0.15, 0.2) is 0 Å². The van der Waals surface area contributed by atoms with E-state index in [0.717, 1.165) is 30.4 Å². The first kappa shape index (κ1) is 15.6. The Morgan fingerprint density at radius 1 is 1.38 bits per heavy atom. The normalized spacial score (nSPS) is 14.0. The molecule has 0 atom stereocenters. The molecule has 0 heterocycles. The molecule has 1 saturated carbocycles. The van der Waals surface area contributed by atoms with Gasteiger partial charge in [0.1, 0.15) is 6.61 Å². The summed E-state index contributed by atoms with van der Waals surface area (Å²) in [6, 6.07) is 5.66. The van der Waals surface area contributed by atoms with E-state index >= 15 is 0 Å². The van der Waals surface area contributed by atoms with Gasteiger partial charge in [0, 0.05) is 23.7 Å². The average Bonchev–Trinajstić information content (AvgIpc) is 2.43. The van der Waals surface area contributed by atoms with Crippen LogP contribution in [0, 0.1) is 18.8 Å². The second kappa shape index (κ2) is 7.26. The van der Waals surface area contributed by atoms with E-state index in [1.54, 1.807) is 11.0 Å². The van der Waals surface area contributed by atoms with Crippen LogP contribution in [0.2, 0.25) is 0 Å². The van der Waals surface area contributed by atoms with Crippen molar-refractivity contribution in [1.82, 2.24) is 4.90 Å². The van der Waals surface area contributed by atoms with E-state index in [9.17, 15) is 4.79 Å². The predicted octanol–water partition coefficient (Wildman–Crippen LogP) is 1.33. The molecule has 4 nitrogen and oxygen atoms in total. The predicted molar refractivity (Wildman–Crippen MR) is 80.9 cm³/mol. The molecule has 4 heteroatoms. The number of carbonyl (C=O) groups excluding carboxylic acids is 1. The van der Waals surface area contributed by atoms with Crippen LogP contribution in [0.3, 0.4) is 0 Å². The highest BCUT2D eigenvalue weighted by atomic mass is 16.3. The van der Waals surface area contributed by atoms with Crippen molar-refractivity contribution < 1.29 is 15.0 Å². The lowest BCUT2D eigenvalue weighted by molar-refractivity contribution is 0.0525. The minimum atomic E-state index is -0.175. The summed E-state index contributed by atoms with van der Waals surface area (Å²) in [7, 11) is 0. The van der Waals surface area contributed by atoms with E-state index in [1.165, 1.54) is 0 Å². The maximum atomic E-state index is 12.6. The molecule has 0 unspecified atom stereocenters. The first-order valence-electron chi connectivity index (χ1n) is 7.29. The van der Waals surface area contributed by atoms with Crippen LogP contribution in [0.5, 0.6) is 0 Å². The number of amides is 1. The standard InChI is InChI=1S/C17H21NO3/c1-13-12-15(8-7-14(13)4-3-10-19)17(21)18(9-11-20)16-5-2-6-16/h7-8,12,16,19-20H,2,5-6,9-11H2,1H3. The minimum Gasteiger partial charge on any atom is -0.395 e. The van der Waals surface area contributed by atoms with Gasteiger partial charge in [-0.3, -0.25) is 4.79 Å². The quantitative estimate of drug-likeness (QED) is 0.821. The summed E-state index contributed by atoms with van der Waals surface area (Å²) in [6.45, 7) is 2.10. The third-order valence-electron chi connectivity index (χ3n) is 3.89. The molecular weight excluding hydrogens is 266 g/mol.